The first kappa shape index (κ1) is 9.16. The van der Waals surface area contributed by atoms with Gasteiger partial charge in [-0.15, -0.1) is 0 Å². The topological polar surface area (TPSA) is 40.5 Å². The Hall–Kier alpha value is 0.0649. The lowest BCUT2D eigenvalue weighted by Crippen LogP contribution is -2.14. The van der Waals surface area contributed by atoms with Crippen LogP contribution in [0.3, 0.4) is 0 Å². The van der Waals surface area contributed by atoms with Crippen LogP contribution in [0.25, 0.3) is 0 Å². The molecule has 0 heterocycles. The highest BCUT2D eigenvalue weighted by atomic mass is 127. The average molecular weight is 281 g/mol. The Morgan fingerprint density at radius 3 is 2.64 bits per heavy atom. The predicted molar refractivity (Wildman–Crippen MR) is 53.4 cm³/mol. The van der Waals surface area contributed by atoms with Crippen molar-refractivity contribution in [2.45, 2.75) is 0 Å². The molecule has 57 valence electrons. The molecular weight excluding hydrogens is 277 g/mol. The second kappa shape index (κ2) is 3.64. The normalized spacial score (nSPS) is 9.73. The Kier molecular flexibility index (Phi) is 3.03. The highest BCUT2D eigenvalue weighted by Crippen LogP contribution is 2.20. The van der Waals surface area contributed by atoms with Crippen molar-refractivity contribution in [1.82, 2.24) is 0 Å². The molecular formula is C6H4BClIO2. The fourth-order valence-corrected chi connectivity index (χ4v) is 1.30. The van der Waals surface area contributed by atoms with Crippen LogP contribution in [0.1, 0.15) is 0 Å². The molecule has 0 saturated heterocycles. The molecule has 1 radical (unpaired) electrons. The van der Waals surface area contributed by atoms with E-state index < -0.39 is 0 Å². The summed E-state index contributed by atoms with van der Waals surface area (Å²) < 4.78 is 0.794. The van der Waals surface area contributed by atoms with E-state index in [0.717, 1.165) is 11.1 Å². The van der Waals surface area contributed by atoms with Crippen molar-refractivity contribution in [3.05, 3.63) is 20.7 Å². The zero-order valence-corrected chi connectivity index (χ0v) is 8.30. The minimum atomic E-state index is -0.0158. The molecule has 0 unspecified atom stereocenters. The molecule has 0 aliphatic carbocycles. The molecule has 0 aliphatic heterocycles. The maximum Gasteiger partial charge on any atom is 0.330 e. The van der Waals surface area contributed by atoms with E-state index in [-0.39, 0.29) is 5.75 Å². The van der Waals surface area contributed by atoms with Crippen LogP contribution in [-0.2, 0) is 0 Å². The number of halogens is 2. The van der Waals surface area contributed by atoms with Gasteiger partial charge < -0.3 is 10.1 Å². The molecule has 0 saturated carbocycles. The fraction of sp³-hybridized carbons (Fsp3) is 0. The van der Waals surface area contributed by atoms with Gasteiger partial charge in [-0.05, 0) is 40.2 Å². The monoisotopic (exact) mass is 281 g/mol. The third kappa shape index (κ3) is 2.01. The van der Waals surface area contributed by atoms with Crippen LogP contribution >= 0.6 is 34.2 Å². The van der Waals surface area contributed by atoms with Crippen molar-refractivity contribution in [2.24, 2.45) is 0 Å². The molecule has 1 rings (SSSR count). The van der Waals surface area contributed by atoms with E-state index in [9.17, 15) is 0 Å². The lowest BCUT2D eigenvalue weighted by Gasteiger charge is -2.01. The predicted octanol–water partition coefficient (Wildman–Crippen LogP) is 0.887. The van der Waals surface area contributed by atoms with E-state index in [4.69, 9.17) is 21.7 Å². The standard InChI is InChI=1S/C6H4BClIO2/c8-4-2-6(10)3(7-11)1-5(4)9/h1-2,10-11H. The number of rotatable bonds is 1. The van der Waals surface area contributed by atoms with Crippen LogP contribution in [0.5, 0.6) is 5.75 Å². The molecule has 0 fully saturated rings. The van der Waals surface area contributed by atoms with E-state index in [2.05, 4.69) is 0 Å². The zero-order valence-electron chi connectivity index (χ0n) is 5.38. The van der Waals surface area contributed by atoms with Crippen LogP contribution in [0.15, 0.2) is 12.1 Å². The van der Waals surface area contributed by atoms with Gasteiger partial charge in [0.2, 0.25) is 0 Å². The van der Waals surface area contributed by atoms with Crippen LogP contribution in [-0.4, -0.2) is 17.6 Å². The van der Waals surface area contributed by atoms with E-state index in [1.54, 1.807) is 6.07 Å². The van der Waals surface area contributed by atoms with Crippen LogP contribution in [0, 0.1) is 3.57 Å². The van der Waals surface area contributed by atoms with Gasteiger partial charge in [-0.25, -0.2) is 0 Å². The summed E-state index contributed by atoms with van der Waals surface area (Å²) in [5.74, 6) is -0.0158. The summed E-state index contributed by atoms with van der Waals surface area (Å²) in [4.78, 5) is 0. The van der Waals surface area contributed by atoms with Gasteiger partial charge in [-0.1, -0.05) is 11.6 Å². The van der Waals surface area contributed by atoms with Crippen LogP contribution in [0.2, 0.25) is 5.02 Å². The first-order valence-electron chi connectivity index (χ1n) is 2.80. The summed E-state index contributed by atoms with van der Waals surface area (Å²) in [6.45, 7) is 0. The Morgan fingerprint density at radius 1 is 1.45 bits per heavy atom. The highest BCUT2D eigenvalue weighted by molar-refractivity contribution is 14.1. The molecule has 0 atom stereocenters. The number of phenolic OH excluding ortho intramolecular Hbond substituents is 1. The number of phenols is 1. The molecule has 0 spiro atoms. The fourth-order valence-electron chi connectivity index (χ4n) is 0.655. The number of hydrogen-bond acceptors (Lipinski definition) is 2. The molecule has 0 bridgehead atoms. The quantitative estimate of drug-likeness (QED) is 0.593. The molecule has 2 N–H and O–H groups in total. The van der Waals surface area contributed by atoms with Crippen LogP contribution < -0.4 is 5.46 Å². The third-order valence-electron chi connectivity index (χ3n) is 1.21. The van der Waals surface area contributed by atoms with Gasteiger partial charge in [-0.3, -0.25) is 0 Å². The van der Waals surface area contributed by atoms with Crippen molar-refractivity contribution in [2.75, 3.05) is 0 Å². The SMILES string of the molecule is O[B]c1cc(I)c(Cl)cc1O. The van der Waals surface area contributed by atoms with Gasteiger partial charge in [0.1, 0.15) is 5.75 Å². The van der Waals surface area contributed by atoms with E-state index in [1.165, 1.54) is 6.07 Å². The largest absolute Gasteiger partial charge is 0.508 e. The summed E-state index contributed by atoms with van der Waals surface area (Å²) in [6, 6.07) is 2.99. The summed E-state index contributed by atoms with van der Waals surface area (Å²) in [7, 11) is 0.841. The zero-order chi connectivity index (χ0) is 8.43. The Labute approximate surface area is 83.6 Å². The van der Waals surface area contributed by atoms with Crippen LogP contribution in [0.4, 0.5) is 0 Å². The molecule has 0 amide bonds. The van der Waals surface area contributed by atoms with Crippen molar-refractivity contribution in [1.29, 1.82) is 0 Å². The summed E-state index contributed by atoms with van der Waals surface area (Å²) in [6.07, 6.45) is 0. The molecule has 0 aliphatic rings. The molecule has 5 heteroatoms. The van der Waals surface area contributed by atoms with E-state index >= 15 is 0 Å². The Morgan fingerprint density at radius 2 is 2.09 bits per heavy atom. The Bertz CT molecular complexity index is 280. The Balaban J connectivity index is 3.21. The van der Waals surface area contributed by atoms with Gasteiger partial charge in [0.15, 0.2) is 0 Å². The average Bonchev–Trinajstić information content (AvgIpc) is 1.97. The van der Waals surface area contributed by atoms with Crippen molar-refractivity contribution < 1.29 is 10.1 Å². The minimum Gasteiger partial charge on any atom is -0.508 e. The summed E-state index contributed by atoms with van der Waals surface area (Å²) >= 11 is 7.70. The minimum absolute atomic E-state index is 0.0158. The second-order valence-corrected chi connectivity index (χ2v) is 3.52. The first-order valence-corrected chi connectivity index (χ1v) is 4.26. The van der Waals surface area contributed by atoms with Gasteiger partial charge in [-0.2, -0.15) is 0 Å². The lowest BCUT2D eigenvalue weighted by atomic mass is 9.88. The molecule has 1 aromatic carbocycles. The maximum absolute atomic E-state index is 9.14. The smallest absolute Gasteiger partial charge is 0.330 e. The van der Waals surface area contributed by atoms with Crippen molar-refractivity contribution in [3.8, 4) is 5.75 Å². The highest BCUT2D eigenvalue weighted by Gasteiger charge is 2.05. The number of aromatic hydroxyl groups is 1. The number of benzene rings is 1. The van der Waals surface area contributed by atoms with Gasteiger partial charge in [0, 0.05) is 3.57 Å². The van der Waals surface area contributed by atoms with E-state index in [1.807, 2.05) is 22.6 Å². The summed E-state index contributed by atoms with van der Waals surface area (Å²) in [5, 5.41) is 18.2. The first-order chi connectivity index (χ1) is 5.15. The lowest BCUT2D eigenvalue weighted by molar-refractivity contribution is 0.478. The molecule has 2 nitrogen and oxygen atoms in total. The number of hydrogen-bond donors (Lipinski definition) is 2. The van der Waals surface area contributed by atoms with Crippen molar-refractivity contribution >= 4 is 47.1 Å². The summed E-state index contributed by atoms with van der Waals surface area (Å²) in [5.41, 5.74) is 0.374. The third-order valence-corrected chi connectivity index (χ3v) is 2.73. The van der Waals surface area contributed by atoms with Gasteiger partial charge in [0.05, 0.1) is 5.02 Å². The maximum atomic E-state index is 9.14. The molecule has 1 aromatic rings. The van der Waals surface area contributed by atoms with Gasteiger partial charge >= 0.3 is 7.48 Å². The van der Waals surface area contributed by atoms with E-state index in [0.29, 0.717) is 10.5 Å². The second-order valence-electron chi connectivity index (χ2n) is 1.95. The van der Waals surface area contributed by atoms with Crippen molar-refractivity contribution in [3.63, 3.8) is 0 Å². The molecule has 0 aromatic heterocycles. The molecule has 11 heavy (non-hydrogen) atoms. The van der Waals surface area contributed by atoms with Gasteiger partial charge in [0.25, 0.3) is 0 Å².